The van der Waals surface area contributed by atoms with Gasteiger partial charge in [0.15, 0.2) is 0 Å². The molecule has 0 fully saturated rings. The molecule has 3 atom stereocenters. The molecule has 0 amide bonds. The van der Waals surface area contributed by atoms with E-state index in [1.807, 2.05) is 70.2 Å². The maximum atomic E-state index is 13.3. The first kappa shape index (κ1) is 26.6. The van der Waals surface area contributed by atoms with E-state index in [1.54, 1.807) is 36.4 Å². The molecule has 182 valence electrons. The highest BCUT2D eigenvalue weighted by molar-refractivity contribution is 7.89. The van der Waals surface area contributed by atoms with Gasteiger partial charge in [-0.25, -0.2) is 22.1 Å². The van der Waals surface area contributed by atoms with Crippen molar-refractivity contribution in [3.63, 3.8) is 0 Å². The minimum absolute atomic E-state index is 0.194. The minimum atomic E-state index is -3.81. The van der Waals surface area contributed by atoms with Crippen LogP contribution in [0.3, 0.4) is 0 Å². The number of sulfonamides is 1. The van der Waals surface area contributed by atoms with Crippen LogP contribution in [0.5, 0.6) is 0 Å². The van der Waals surface area contributed by atoms with E-state index in [0.717, 1.165) is 16.7 Å². The second-order valence-electron chi connectivity index (χ2n) is 9.24. The van der Waals surface area contributed by atoms with Gasteiger partial charge >= 0.3 is 0 Å². The molecule has 0 aliphatic carbocycles. The van der Waals surface area contributed by atoms with E-state index in [-0.39, 0.29) is 10.9 Å². The molecule has 0 spiro atoms. The van der Waals surface area contributed by atoms with Crippen LogP contribution < -0.4 is 9.44 Å². The van der Waals surface area contributed by atoms with Crippen LogP contribution in [0.1, 0.15) is 56.0 Å². The van der Waals surface area contributed by atoms with Crippen molar-refractivity contribution in [3.8, 4) is 0 Å². The Morgan fingerprint density at radius 3 is 1.97 bits per heavy atom. The van der Waals surface area contributed by atoms with Crippen LogP contribution in [0.25, 0.3) is 0 Å². The van der Waals surface area contributed by atoms with E-state index in [9.17, 15) is 12.6 Å². The van der Waals surface area contributed by atoms with Crippen molar-refractivity contribution in [3.05, 3.63) is 101 Å². The van der Waals surface area contributed by atoms with Crippen molar-refractivity contribution in [1.29, 1.82) is 0 Å². The fraction of sp³-hybridized carbons (Fsp3) is 0.308. The molecular weight excluding hydrogens is 488 g/mol. The second kappa shape index (κ2) is 11.1. The van der Waals surface area contributed by atoms with Gasteiger partial charge in [-0.2, -0.15) is 0 Å². The predicted molar refractivity (Wildman–Crippen MR) is 141 cm³/mol. The molecule has 0 aliphatic heterocycles. The molecule has 2 N–H and O–H groups in total. The SMILES string of the molecule is Cc1ccc(S(=O)(=O)N[C@@H](C[C@H](N[S@@](=O)C(C)(C)C)c2ccccc2)c2ccc(Cl)cc2)cc1. The number of aryl methyl sites for hydroxylation is 1. The van der Waals surface area contributed by atoms with Gasteiger partial charge in [0.1, 0.15) is 0 Å². The third-order valence-electron chi connectivity index (χ3n) is 5.38. The average Bonchev–Trinajstić information content (AvgIpc) is 2.78. The van der Waals surface area contributed by atoms with Crippen molar-refractivity contribution >= 4 is 32.6 Å². The van der Waals surface area contributed by atoms with E-state index < -0.39 is 31.8 Å². The van der Waals surface area contributed by atoms with Gasteiger partial charge in [0.2, 0.25) is 10.0 Å². The summed E-state index contributed by atoms with van der Waals surface area (Å²) in [6.07, 6.45) is 0.346. The van der Waals surface area contributed by atoms with E-state index in [1.165, 1.54) is 0 Å². The molecule has 0 saturated carbocycles. The Hall–Kier alpha value is -2.03. The highest BCUT2D eigenvalue weighted by Crippen LogP contribution is 2.30. The lowest BCUT2D eigenvalue weighted by atomic mass is 9.96. The smallest absolute Gasteiger partial charge is 0.241 e. The summed E-state index contributed by atoms with van der Waals surface area (Å²) in [5.41, 5.74) is 2.67. The number of benzene rings is 3. The zero-order chi connectivity index (χ0) is 24.9. The number of halogens is 1. The van der Waals surface area contributed by atoms with Gasteiger partial charge in [0, 0.05) is 17.1 Å². The molecule has 0 unspecified atom stereocenters. The summed E-state index contributed by atoms with van der Waals surface area (Å²) in [6.45, 7) is 7.60. The van der Waals surface area contributed by atoms with Crippen molar-refractivity contribution in [1.82, 2.24) is 9.44 Å². The monoisotopic (exact) mass is 518 g/mol. The molecule has 0 radical (unpaired) electrons. The van der Waals surface area contributed by atoms with Crippen LogP contribution >= 0.6 is 11.6 Å². The molecule has 34 heavy (non-hydrogen) atoms. The summed E-state index contributed by atoms with van der Waals surface area (Å²) in [5.74, 6) is 0. The Morgan fingerprint density at radius 2 is 1.41 bits per heavy atom. The Balaban J connectivity index is 1.99. The number of hydrogen-bond acceptors (Lipinski definition) is 3. The quantitative estimate of drug-likeness (QED) is 0.373. The van der Waals surface area contributed by atoms with Crippen LogP contribution in [-0.2, 0) is 21.0 Å². The standard InChI is InChI=1S/C26H31ClN2O3S2/c1-19-10-16-23(17-11-19)34(31,32)29-25(21-12-14-22(27)15-13-21)18-24(20-8-6-5-7-9-20)28-33(30)26(2,3)4/h5-17,24-25,28-29H,18H2,1-4H3/t24-,25-,33-/m0/s1. The zero-order valence-electron chi connectivity index (χ0n) is 19.8. The minimum Gasteiger partial charge on any atom is -0.242 e. The topological polar surface area (TPSA) is 75.3 Å². The second-order valence-corrected chi connectivity index (χ2v) is 13.4. The summed E-state index contributed by atoms with van der Waals surface area (Å²) in [7, 11) is -5.16. The fourth-order valence-corrected chi connectivity index (χ4v) is 5.61. The van der Waals surface area contributed by atoms with Crippen LogP contribution in [0.4, 0.5) is 0 Å². The summed E-state index contributed by atoms with van der Waals surface area (Å²) in [6, 6.07) is 22.5. The van der Waals surface area contributed by atoms with Crippen LogP contribution in [0.15, 0.2) is 83.8 Å². The molecule has 5 nitrogen and oxygen atoms in total. The maximum Gasteiger partial charge on any atom is 0.241 e. The van der Waals surface area contributed by atoms with Gasteiger partial charge in [-0.3, -0.25) is 0 Å². The van der Waals surface area contributed by atoms with Crippen molar-refractivity contribution < 1.29 is 12.6 Å². The van der Waals surface area contributed by atoms with Gasteiger partial charge in [0.25, 0.3) is 0 Å². The predicted octanol–water partition coefficient (Wildman–Crippen LogP) is 5.85. The van der Waals surface area contributed by atoms with E-state index in [4.69, 9.17) is 11.6 Å². The third-order valence-corrected chi connectivity index (χ3v) is 8.73. The molecular formula is C26H31ClN2O3S2. The van der Waals surface area contributed by atoms with Crippen molar-refractivity contribution in [2.45, 2.75) is 55.8 Å². The summed E-state index contributed by atoms with van der Waals surface area (Å²) in [5, 5.41) is 0.565. The van der Waals surface area contributed by atoms with Gasteiger partial charge in [-0.1, -0.05) is 71.8 Å². The van der Waals surface area contributed by atoms with Crippen molar-refractivity contribution in [2.75, 3.05) is 0 Å². The highest BCUT2D eigenvalue weighted by Gasteiger charge is 2.29. The Kier molecular flexibility index (Phi) is 8.71. The molecule has 0 saturated heterocycles. The summed E-state index contributed by atoms with van der Waals surface area (Å²) in [4.78, 5) is 0.194. The van der Waals surface area contributed by atoms with Gasteiger partial charge < -0.3 is 0 Å². The molecule has 0 aliphatic rings. The van der Waals surface area contributed by atoms with E-state index in [0.29, 0.717) is 11.4 Å². The number of rotatable bonds is 9. The molecule has 0 aromatic heterocycles. The summed E-state index contributed by atoms with van der Waals surface area (Å²) >= 11 is 6.09. The Morgan fingerprint density at radius 1 is 0.853 bits per heavy atom. The number of nitrogens with one attached hydrogen (secondary N) is 2. The zero-order valence-corrected chi connectivity index (χ0v) is 22.2. The van der Waals surface area contributed by atoms with Gasteiger partial charge in [-0.15, -0.1) is 0 Å². The van der Waals surface area contributed by atoms with Crippen molar-refractivity contribution in [2.24, 2.45) is 0 Å². The lowest BCUT2D eigenvalue weighted by molar-refractivity contribution is 0.481. The van der Waals surface area contributed by atoms with E-state index >= 15 is 0 Å². The summed E-state index contributed by atoms with van der Waals surface area (Å²) < 4.78 is 45.2. The van der Waals surface area contributed by atoms with E-state index in [2.05, 4.69) is 9.44 Å². The van der Waals surface area contributed by atoms with Crippen LogP contribution in [0.2, 0.25) is 5.02 Å². The fourth-order valence-electron chi connectivity index (χ4n) is 3.40. The number of hydrogen-bond donors (Lipinski definition) is 2. The lowest BCUT2D eigenvalue weighted by Crippen LogP contribution is -2.38. The Bertz CT molecular complexity index is 1210. The lowest BCUT2D eigenvalue weighted by Gasteiger charge is -2.28. The highest BCUT2D eigenvalue weighted by atomic mass is 35.5. The van der Waals surface area contributed by atoms with Crippen LogP contribution in [-0.4, -0.2) is 17.4 Å². The third kappa shape index (κ3) is 7.23. The molecule has 0 heterocycles. The average molecular weight is 519 g/mol. The largest absolute Gasteiger partial charge is 0.242 e. The van der Waals surface area contributed by atoms with Crippen LogP contribution in [0, 0.1) is 6.92 Å². The first-order chi connectivity index (χ1) is 16.0. The molecule has 0 bridgehead atoms. The first-order valence-electron chi connectivity index (χ1n) is 11.0. The molecule has 8 heteroatoms. The molecule has 3 aromatic rings. The normalized spacial score (nSPS) is 15.0. The van der Waals surface area contributed by atoms with Gasteiger partial charge in [0.05, 0.1) is 20.6 Å². The van der Waals surface area contributed by atoms with Gasteiger partial charge in [-0.05, 0) is 69.5 Å². The maximum absolute atomic E-state index is 13.3. The Labute approximate surface area is 210 Å². The molecule has 3 rings (SSSR count). The first-order valence-corrected chi connectivity index (χ1v) is 14.0. The molecule has 3 aromatic carbocycles.